The second-order valence-corrected chi connectivity index (χ2v) is 3.65. The number of methoxy groups -OCH3 is 1. The van der Waals surface area contributed by atoms with Crippen LogP contribution in [0, 0.1) is 6.92 Å². The number of hydrogen-bond donors (Lipinski definition) is 1. The van der Waals surface area contributed by atoms with Crippen molar-refractivity contribution in [3.63, 3.8) is 0 Å². The molecule has 0 amide bonds. The SMILES string of the molecule is CCc1nc(C)ccc1OC(COC)C(=O)O. The van der Waals surface area contributed by atoms with Crippen LogP contribution in [0.15, 0.2) is 12.1 Å². The second-order valence-electron chi connectivity index (χ2n) is 3.65. The summed E-state index contributed by atoms with van der Waals surface area (Å²) in [6, 6.07) is 3.53. The van der Waals surface area contributed by atoms with Crippen LogP contribution in [0.4, 0.5) is 0 Å². The van der Waals surface area contributed by atoms with Gasteiger partial charge in [0.15, 0.2) is 0 Å². The minimum absolute atomic E-state index is 0.00631. The zero-order valence-electron chi connectivity index (χ0n) is 10.3. The van der Waals surface area contributed by atoms with Gasteiger partial charge in [-0.25, -0.2) is 4.79 Å². The monoisotopic (exact) mass is 239 g/mol. The van der Waals surface area contributed by atoms with Gasteiger partial charge in [0.1, 0.15) is 5.75 Å². The minimum Gasteiger partial charge on any atom is -0.478 e. The average molecular weight is 239 g/mol. The van der Waals surface area contributed by atoms with E-state index in [0.717, 1.165) is 11.4 Å². The van der Waals surface area contributed by atoms with Crippen LogP contribution >= 0.6 is 0 Å². The molecule has 1 N–H and O–H groups in total. The Morgan fingerprint density at radius 1 is 1.53 bits per heavy atom. The summed E-state index contributed by atoms with van der Waals surface area (Å²) in [6.45, 7) is 3.83. The van der Waals surface area contributed by atoms with E-state index in [9.17, 15) is 4.79 Å². The summed E-state index contributed by atoms with van der Waals surface area (Å²) in [6.07, 6.45) is -0.314. The number of aryl methyl sites for hydroxylation is 2. The number of aliphatic carboxylic acids is 1. The molecule has 1 aromatic rings. The fourth-order valence-corrected chi connectivity index (χ4v) is 1.42. The molecule has 1 rings (SSSR count). The Balaban J connectivity index is 2.88. The lowest BCUT2D eigenvalue weighted by molar-refractivity contribution is -0.147. The molecular formula is C12H17NO4. The molecule has 0 saturated heterocycles. The van der Waals surface area contributed by atoms with Gasteiger partial charge in [0, 0.05) is 12.8 Å². The quantitative estimate of drug-likeness (QED) is 0.813. The fourth-order valence-electron chi connectivity index (χ4n) is 1.42. The standard InChI is InChI=1S/C12H17NO4/c1-4-9-10(6-5-8(2)13-9)17-11(7-16-3)12(14)15/h5-6,11H,4,7H2,1-3H3,(H,14,15). The molecule has 0 aliphatic carbocycles. The number of hydrogen-bond acceptors (Lipinski definition) is 4. The number of aromatic nitrogens is 1. The highest BCUT2D eigenvalue weighted by atomic mass is 16.5. The first kappa shape index (κ1) is 13.4. The van der Waals surface area contributed by atoms with E-state index in [0.29, 0.717) is 12.2 Å². The summed E-state index contributed by atoms with van der Waals surface area (Å²) in [5, 5.41) is 8.96. The predicted molar refractivity (Wildman–Crippen MR) is 62.3 cm³/mol. The molecule has 1 aromatic heterocycles. The Bertz CT molecular complexity index is 392. The van der Waals surface area contributed by atoms with Crippen molar-refractivity contribution in [2.24, 2.45) is 0 Å². The van der Waals surface area contributed by atoms with Gasteiger partial charge in [0.25, 0.3) is 0 Å². The summed E-state index contributed by atoms with van der Waals surface area (Å²) >= 11 is 0. The molecular weight excluding hydrogens is 222 g/mol. The predicted octanol–water partition coefficient (Wildman–Crippen LogP) is 1.43. The summed E-state index contributed by atoms with van der Waals surface area (Å²) < 4.78 is 10.2. The Morgan fingerprint density at radius 2 is 2.24 bits per heavy atom. The Kier molecular flexibility index (Phi) is 4.90. The van der Waals surface area contributed by atoms with Crippen molar-refractivity contribution in [2.75, 3.05) is 13.7 Å². The third-order valence-corrected chi connectivity index (χ3v) is 2.27. The molecule has 17 heavy (non-hydrogen) atoms. The third kappa shape index (κ3) is 3.71. The molecule has 5 nitrogen and oxygen atoms in total. The van der Waals surface area contributed by atoms with Gasteiger partial charge in [-0.2, -0.15) is 0 Å². The Labute approximate surface area is 100 Å². The summed E-state index contributed by atoms with van der Waals surface area (Å²) in [5.41, 5.74) is 1.64. The first-order valence-electron chi connectivity index (χ1n) is 5.43. The minimum atomic E-state index is -1.05. The van der Waals surface area contributed by atoms with Gasteiger partial charge in [-0.15, -0.1) is 0 Å². The highest BCUT2D eigenvalue weighted by Crippen LogP contribution is 2.19. The number of carbonyl (C=O) groups is 1. The van der Waals surface area contributed by atoms with Crippen LogP contribution in [0.1, 0.15) is 18.3 Å². The highest BCUT2D eigenvalue weighted by Gasteiger charge is 2.20. The molecule has 0 fully saturated rings. The fraction of sp³-hybridized carbons (Fsp3) is 0.500. The van der Waals surface area contributed by atoms with E-state index in [1.165, 1.54) is 7.11 Å². The second kappa shape index (κ2) is 6.20. The number of rotatable bonds is 6. The summed E-state index contributed by atoms with van der Waals surface area (Å²) in [7, 11) is 1.44. The molecule has 0 aliphatic rings. The van der Waals surface area contributed by atoms with Crippen LogP contribution < -0.4 is 4.74 Å². The number of carboxylic acid groups (broad SMARTS) is 1. The van der Waals surface area contributed by atoms with Crippen molar-refractivity contribution in [1.82, 2.24) is 4.98 Å². The molecule has 0 aliphatic heterocycles. The third-order valence-electron chi connectivity index (χ3n) is 2.27. The maximum atomic E-state index is 10.9. The van der Waals surface area contributed by atoms with Crippen LogP contribution in [0.25, 0.3) is 0 Å². The van der Waals surface area contributed by atoms with Gasteiger partial charge in [-0.1, -0.05) is 6.92 Å². The Hall–Kier alpha value is -1.62. The van der Waals surface area contributed by atoms with Gasteiger partial charge in [-0.3, -0.25) is 4.98 Å². The lowest BCUT2D eigenvalue weighted by atomic mass is 10.2. The number of ether oxygens (including phenoxy) is 2. The molecule has 0 bridgehead atoms. The first-order chi connectivity index (χ1) is 8.08. The summed E-state index contributed by atoms with van der Waals surface area (Å²) in [4.78, 5) is 15.2. The van der Waals surface area contributed by atoms with Crippen molar-refractivity contribution in [2.45, 2.75) is 26.4 Å². The van der Waals surface area contributed by atoms with Crippen molar-refractivity contribution in [1.29, 1.82) is 0 Å². The lowest BCUT2D eigenvalue weighted by Crippen LogP contribution is -2.32. The van der Waals surface area contributed by atoms with Crippen LogP contribution in [-0.4, -0.2) is 35.9 Å². The van der Waals surface area contributed by atoms with Crippen molar-refractivity contribution in [3.05, 3.63) is 23.5 Å². The van der Waals surface area contributed by atoms with Crippen molar-refractivity contribution in [3.8, 4) is 5.75 Å². The van der Waals surface area contributed by atoms with Crippen LogP contribution in [0.2, 0.25) is 0 Å². The number of pyridine rings is 1. The van der Waals surface area contributed by atoms with E-state index in [2.05, 4.69) is 4.98 Å². The molecule has 1 unspecified atom stereocenters. The smallest absolute Gasteiger partial charge is 0.347 e. The number of carboxylic acids is 1. The molecule has 1 atom stereocenters. The van der Waals surface area contributed by atoms with Crippen molar-refractivity contribution >= 4 is 5.97 Å². The number of nitrogens with zero attached hydrogens (tertiary/aromatic N) is 1. The zero-order valence-corrected chi connectivity index (χ0v) is 10.3. The average Bonchev–Trinajstić information content (AvgIpc) is 2.30. The van der Waals surface area contributed by atoms with Gasteiger partial charge < -0.3 is 14.6 Å². The maximum absolute atomic E-state index is 10.9. The van der Waals surface area contributed by atoms with Crippen LogP contribution in [0.5, 0.6) is 5.75 Å². The van der Waals surface area contributed by atoms with Gasteiger partial charge in [-0.05, 0) is 25.5 Å². The lowest BCUT2D eigenvalue weighted by Gasteiger charge is -2.16. The van der Waals surface area contributed by atoms with Crippen LogP contribution in [-0.2, 0) is 16.0 Å². The highest BCUT2D eigenvalue weighted by molar-refractivity contribution is 5.73. The molecule has 0 aromatic carbocycles. The molecule has 1 heterocycles. The van der Waals surface area contributed by atoms with E-state index in [4.69, 9.17) is 14.6 Å². The van der Waals surface area contributed by atoms with E-state index in [1.807, 2.05) is 13.8 Å². The van der Waals surface area contributed by atoms with E-state index in [1.54, 1.807) is 12.1 Å². The van der Waals surface area contributed by atoms with Gasteiger partial charge >= 0.3 is 5.97 Å². The normalized spacial score (nSPS) is 12.2. The summed E-state index contributed by atoms with van der Waals surface area (Å²) in [5.74, 6) is -0.544. The largest absolute Gasteiger partial charge is 0.478 e. The van der Waals surface area contributed by atoms with Crippen molar-refractivity contribution < 1.29 is 19.4 Å². The maximum Gasteiger partial charge on any atom is 0.347 e. The van der Waals surface area contributed by atoms with E-state index >= 15 is 0 Å². The molecule has 5 heteroatoms. The molecule has 0 radical (unpaired) electrons. The van der Waals surface area contributed by atoms with Gasteiger partial charge in [0.2, 0.25) is 6.10 Å². The Morgan fingerprint density at radius 3 is 2.76 bits per heavy atom. The van der Waals surface area contributed by atoms with E-state index in [-0.39, 0.29) is 6.61 Å². The van der Waals surface area contributed by atoms with Crippen LogP contribution in [0.3, 0.4) is 0 Å². The molecule has 0 spiro atoms. The van der Waals surface area contributed by atoms with Gasteiger partial charge in [0.05, 0.1) is 12.3 Å². The first-order valence-corrected chi connectivity index (χ1v) is 5.43. The topological polar surface area (TPSA) is 68.7 Å². The molecule has 0 saturated carbocycles. The molecule has 94 valence electrons. The van der Waals surface area contributed by atoms with E-state index < -0.39 is 12.1 Å². The zero-order chi connectivity index (χ0) is 12.8.